The van der Waals surface area contributed by atoms with Crippen LogP contribution in [-0.2, 0) is 9.59 Å². The average Bonchev–Trinajstić information content (AvgIpc) is 2.00. The number of nitrogens with two attached hydrogens (primary N) is 1. The van der Waals surface area contributed by atoms with Gasteiger partial charge in [-0.2, -0.15) is 26.3 Å². The zero-order chi connectivity index (χ0) is 12.9. The maximum Gasteiger partial charge on any atom is 0.471 e. The molecular weight excluding hydrogens is 234 g/mol. The van der Waals surface area contributed by atoms with Gasteiger partial charge < -0.3 is 11.1 Å². The molecule has 0 aliphatic rings. The molecule has 0 saturated carbocycles. The molecule has 0 unspecified atom stereocenters. The Morgan fingerprint density at radius 2 is 1.27 bits per heavy atom. The zero-order valence-electron chi connectivity index (χ0n) is 7.16. The van der Waals surface area contributed by atoms with E-state index in [1.54, 1.807) is 0 Å². The molecule has 0 saturated heterocycles. The van der Waals surface area contributed by atoms with Gasteiger partial charge in [-0.25, -0.2) is 0 Å². The fourth-order valence-electron chi connectivity index (χ4n) is 0.142. The van der Waals surface area contributed by atoms with Crippen molar-refractivity contribution in [2.75, 3.05) is 7.05 Å². The predicted octanol–water partition coefficient (Wildman–Crippen LogP) is 0.329. The van der Waals surface area contributed by atoms with Gasteiger partial charge in [-0.3, -0.25) is 9.59 Å². The van der Waals surface area contributed by atoms with Gasteiger partial charge in [0, 0.05) is 7.05 Å². The van der Waals surface area contributed by atoms with Crippen LogP contribution in [0.5, 0.6) is 0 Å². The largest absolute Gasteiger partial charge is 0.471 e. The van der Waals surface area contributed by atoms with Crippen molar-refractivity contribution in [2.45, 2.75) is 12.4 Å². The lowest BCUT2D eigenvalue weighted by Gasteiger charge is -2.00. The summed E-state index contributed by atoms with van der Waals surface area (Å²) < 4.78 is 65.2. The molecule has 0 aromatic carbocycles. The second-order valence-corrected chi connectivity index (χ2v) is 1.94. The van der Waals surface area contributed by atoms with Crippen molar-refractivity contribution in [1.29, 1.82) is 0 Å². The minimum Gasteiger partial charge on any atom is -0.362 e. The van der Waals surface area contributed by atoms with Gasteiger partial charge in [-0.1, -0.05) is 0 Å². The van der Waals surface area contributed by atoms with E-state index in [0.717, 1.165) is 7.05 Å². The van der Waals surface area contributed by atoms with Gasteiger partial charge in [0.2, 0.25) is 0 Å². The van der Waals surface area contributed by atoms with Crippen LogP contribution in [0.2, 0.25) is 0 Å². The number of hydrogen-bond acceptors (Lipinski definition) is 2. The molecule has 0 fully saturated rings. The highest BCUT2D eigenvalue weighted by molar-refractivity contribution is 5.81. The molecule has 0 aliphatic heterocycles. The van der Waals surface area contributed by atoms with Crippen molar-refractivity contribution < 1.29 is 35.9 Å². The van der Waals surface area contributed by atoms with E-state index in [9.17, 15) is 31.1 Å². The molecule has 2 amide bonds. The van der Waals surface area contributed by atoms with Crippen molar-refractivity contribution in [2.24, 2.45) is 5.73 Å². The Kier molecular flexibility index (Phi) is 5.76. The molecule has 0 bridgehead atoms. The minimum absolute atomic E-state index is 0.926. The Hall–Kier alpha value is -1.48. The summed E-state index contributed by atoms with van der Waals surface area (Å²) in [7, 11) is 0.926. The van der Waals surface area contributed by atoms with Gasteiger partial charge in [0.25, 0.3) is 0 Å². The molecule has 0 aliphatic carbocycles. The van der Waals surface area contributed by atoms with Crippen LogP contribution in [0, 0.1) is 0 Å². The number of halogens is 6. The molecule has 0 spiro atoms. The van der Waals surface area contributed by atoms with Crippen molar-refractivity contribution in [3.05, 3.63) is 0 Å². The third-order valence-corrected chi connectivity index (χ3v) is 0.764. The maximum atomic E-state index is 11.0. The summed E-state index contributed by atoms with van der Waals surface area (Å²) in [5.41, 5.74) is 3.81. The van der Waals surface area contributed by atoms with Gasteiger partial charge in [-0.15, -0.1) is 0 Å². The lowest BCUT2D eigenvalue weighted by atomic mass is 10.6. The minimum atomic E-state index is -4.86. The van der Waals surface area contributed by atoms with Crippen molar-refractivity contribution in [3.8, 4) is 0 Å². The van der Waals surface area contributed by atoms with Crippen LogP contribution < -0.4 is 11.1 Å². The number of hydrogen-bond donors (Lipinski definition) is 2. The van der Waals surface area contributed by atoms with Crippen LogP contribution in [-0.4, -0.2) is 31.2 Å². The Balaban J connectivity index is 0. The maximum absolute atomic E-state index is 11.0. The lowest BCUT2D eigenvalue weighted by Crippen LogP contribution is -2.33. The van der Waals surface area contributed by atoms with Gasteiger partial charge in [0.05, 0.1) is 0 Å². The summed E-state index contributed by atoms with van der Waals surface area (Å²) in [6, 6.07) is 0. The monoisotopic (exact) mass is 240 g/mol. The smallest absolute Gasteiger partial charge is 0.362 e. The third-order valence-electron chi connectivity index (χ3n) is 0.764. The van der Waals surface area contributed by atoms with Crippen molar-refractivity contribution in [3.63, 3.8) is 0 Å². The SMILES string of the molecule is CNC(=O)C(F)(F)F.NC(=O)C(F)(F)F. The molecular formula is C5H6F6N2O2. The third kappa shape index (κ3) is 8.84. The average molecular weight is 240 g/mol. The summed E-state index contributed by atoms with van der Waals surface area (Å²) >= 11 is 0. The number of amides is 2. The first-order valence-electron chi connectivity index (χ1n) is 3.08. The number of carbonyl (C=O) groups excluding carboxylic acids is 2. The molecule has 0 aromatic rings. The number of rotatable bonds is 0. The molecule has 0 atom stereocenters. The Morgan fingerprint density at radius 1 is 1.00 bits per heavy atom. The van der Waals surface area contributed by atoms with E-state index in [0.29, 0.717) is 0 Å². The topological polar surface area (TPSA) is 72.2 Å². The number of nitrogens with one attached hydrogen (secondary N) is 1. The summed E-state index contributed by atoms with van der Waals surface area (Å²) in [5.74, 6) is -4.18. The highest BCUT2D eigenvalue weighted by Crippen LogP contribution is 2.13. The fraction of sp³-hybridized carbons (Fsp3) is 0.600. The Labute approximate surface area is 79.4 Å². The highest BCUT2D eigenvalue weighted by Gasteiger charge is 2.37. The first kappa shape index (κ1) is 16.0. The van der Waals surface area contributed by atoms with E-state index < -0.39 is 24.2 Å². The standard InChI is InChI=1S/C3H4F3NO.C2H2F3NO/c1-7-2(8)3(4,5)6;3-2(4,5)1(6)7/h1H3,(H,7,8);(H2,6,7). The second kappa shape index (κ2) is 5.41. The van der Waals surface area contributed by atoms with Crippen molar-refractivity contribution in [1.82, 2.24) is 5.32 Å². The first-order valence-corrected chi connectivity index (χ1v) is 3.08. The normalized spacial score (nSPS) is 11.1. The van der Waals surface area contributed by atoms with Crippen LogP contribution in [0.4, 0.5) is 26.3 Å². The van der Waals surface area contributed by atoms with E-state index in [1.807, 2.05) is 0 Å². The second-order valence-electron chi connectivity index (χ2n) is 1.94. The van der Waals surface area contributed by atoms with Gasteiger partial charge in [0.15, 0.2) is 0 Å². The molecule has 0 rings (SSSR count). The molecule has 4 nitrogen and oxygen atoms in total. The van der Waals surface area contributed by atoms with E-state index in [4.69, 9.17) is 4.79 Å². The number of carbonyl (C=O) groups is 2. The van der Waals surface area contributed by atoms with Gasteiger partial charge in [-0.05, 0) is 0 Å². The summed E-state index contributed by atoms with van der Waals surface area (Å²) in [5, 5.41) is 1.44. The molecule has 90 valence electrons. The van der Waals surface area contributed by atoms with E-state index in [2.05, 4.69) is 5.73 Å². The molecule has 3 N–H and O–H groups in total. The molecule has 0 heterocycles. The van der Waals surface area contributed by atoms with Gasteiger partial charge in [0.1, 0.15) is 0 Å². The summed E-state index contributed by atoms with van der Waals surface area (Å²) in [4.78, 5) is 18.7. The number of alkyl halides is 6. The van der Waals surface area contributed by atoms with Crippen LogP contribution in [0.25, 0.3) is 0 Å². The molecule has 0 aromatic heterocycles. The van der Waals surface area contributed by atoms with Crippen LogP contribution in [0.1, 0.15) is 0 Å². The van der Waals surface area contributed by atoms with Crippen molar-refractivity contribution >= 4 is 11.8 Å². The number of primary amides is 1. The highest BCUT2D eigenvalue weighted by atomic mass is 19.4. The Morgan fingerprint density at radius 3 is 1.27 bits per heavy atom. The summed E-state index contributed by atoms with van der Waals surface area (Å²) in [6.45, 7) is 0. The van der Waals surface area contributed by atoms with E-state index >= 15 is 0 Å². The van der Waals surface area contributed by atoms with Crippen LogP contribution in [0.3, 0.4) is 0 Å². The Bertz CT molecular complexity index is 233. The van der Waals surface area contributed by atoms with E-state index in [-0.39, 0.29) is 0 Å². The lowest BCUT2D eigenvalue weighted by molar-refractivity contribution is -0.172. The molecule has 0 radical (unpaired) electrons. The fourth-order valence-corrected chi connectivity index (χ4v) is 0.142. The molecule has 15 heavy (non-hydrogen) atoms. The van der Waals surface area contributed by atoms with Crippen LogP contribution >= 0.6 is 0 Å². The van der Waals surface area contributed by atoms with Crippen LogP contribution in [0.15, 0.2) is 0 Å². The first-order chi connectivity index (χ1) is 6.42. The molecule has 10 heteroatoms. The zero-order valence-corrected chi connectivity index (χ0v) is 7.16. The predicted molar refractivity (Wildman–Crippen MR) is 35.4 cm³/mol. The summed E-state index contributed by atoms with van der Waals surface area (Å²) in [6.07, 6.45) is -9.60. The van der Waals surface area contributed by atoms with Gasteiger partial charge >= 0.3 is 24.2 Å². The van der Waals surface area contributed by atoms with E-state index in [1.165, 1.54) is 5.32 Å². The quantitative estimate of drug-likeness (QED) is 0.599.